The maximum atomic E-state index is 4.62. The highest BCUT2D eigenvalue weighted by Gasteiger charge is 2.43. The predicted octanol–water partition coefficient (Wildman–Crippen LogP) is 4.45. The Bertz CT molecular complexity index is 1090. The highest BCUT2D eigenvalue weighted by Crippen LogP contribution is 2.48. The molecule has 3 aliphatic rings. The van der Waals surface area contributed by atoms with Gasteiger partial charge < -0.3 is 0 Å². The number of nitrogens with one attached hydrogen (secondary N) is 2. The van der Waals surface area contributed by atoms with Crippen LogP contribution in [0, 0.1) is 5.92 Å². The summed E-state index contributed by atoms with van der Waals surface area (Å²) in [6.45, 7) is 4.55. The van der Waals surface area contributed by atoms with Crippen LogP contribution in [0.15, 0.2) is 35.5 Å². The molecule has 0 radical (unpaired) electrons. The first-order chi connectivity index (χ1) is 15.2. The van der Waals surface area contributed by atoms with Crippen LogP contribution in [0.2, 0.25) is 0 Å². The normalized spacial score (nSPS) is 23.9. The fraction of sp³-hybridized carbons (Fsp3) is 0.478. The zero-order valence-electron chi connectivity index (χ0n) is 18.0. The van der Waals surface area contributed by atoms with E-state index in [9.17, 15) is 0 Å². The summed E-state index contributed by atoms with van der Waals surface area (Å²) in [7, 11) is 0. The summed E-state index contributed by atoms with van der Waals surface area (Å²) in [6, 6.07) is 10.7. The minimum atomic E-state index is 0.142. The second kappa shape index (κ2) is 7.92. The zero-order valence-corrected chi connectivity index (χ0v) is 19.6. The molecule has 0 spiro atoms. The van der Waals surface area contributed by atoms with Gasteiger partial charge in [-0.3, -0.25) is 10.3 Å². The molecular formula is C23H28N6S2. The summed E-state index contributed by atoms with van der Waals surface area (Å²) in [5, 5.41) is 17.5. The number of anilines is 1. The van der Waals surface area contributed by atoms with E-state index in [0.29, 0.717) is 0 Å². The van der Waals surface area contributed by atoms with Crippen molar-refractivity contribution in [2.24, 2.45) is 5.92 Å². The van der Waals surface area contributed by atoms with Crippen molar-refractivity contribution in [3.8, 4) is 5.00 Å². The lowest BCUT2D eigenvalue weighted by molar-refractivity contribution is 0.493. The summed E-state index contributed by atoms with van der Waals surface area (Å²) < 4.78 is 2.30. The molecule has 1 fully saturated rings. The Hall–Kier alpha value is -1.87. The summed E-state index contributed by atoms with van der Waals surface area (Å²) >= 11 is 3.79. The monoisotopic (exact) mass is 452 g/mol. The second-order valence-corrected chi connectivity index (χ2v) is 11.1. The van der Waals surface area contributed by atoms with Crippen LogP contribution in [0.1, 0.15) is 54.4 Å². The van der Waals surface area contributed by atoms with Crippen molar-refractivity contribution in [2.75, 3.05) is 10.8 Å². The smallest absolute Gasteiger partial charge is 0.249 e. The topological polar surface area (TPSA) is 58.0 Å². The summed E-state index contributed by atoms with van der Waals surface area (Å²) in [5.74, 6) is 2.70. The average molecular weight is 453 g/mol. The maximum absolute atomic E-state index is 4.62. The van der Waals surface area contributed by atoms with Crippen LogP contribution in [0.4, 0.5) is 5.95 Å². The van der Waals surface area contributed by atoms with Crippen LogP contribution < -0.4 is 15.8 Å². The van der Waals surface area contributed by atoms with E-state index >= 15 is 0 Å². The number of hydrazine groups is 1. The standard InChI is InChI=1S/C23H28N6S2/c1-14-10-11-18-17(13-14)19-20-24-15(2)27-29(20)22-25-26-23(28(22)21(19)31-18)30-12-6-9-16-7-4-3-5-8-16/h3-5,7-8,14-15,20,24,27H,6,9-13H2,1-2H3/t14-,15?,20?/m1/s1. The van der Waals surface area contributed by atoms with Crippen LogP contribution in [-0.2, 0) is 19.3 Å². The molecule has 3 atom stereocenters. The van der Waals surface area contributed by atoms with Gasteiger partial charge in [0.05, 0.1) is 6.17 Å². The molecule has 6 rings (SSSR count). The minimum absolute atomic E-state index is 0.142. The summed E-state index contributed by atoms with van der Waals surface area (Å²) in [6.07, 6.45) is 6.24. The molecule has 2 aliphatic heterocycles. The van der Waals surface area contributed by atoms with Gasteiger partial charge in [0.2, 0.25) is 5.95 Å². The van der Waals surface area contributed by atoms with Crippen LogP contribution >= 0.6 is 23.1 Å². The Balaban J connectivity index is 1.31. The van der Waals surface area contributed by atoms with Crippen LogP contribution in [0.25, 0.3) is 5.00 Å². The number of aromatic nitrogens is 3. The number of benzene rings is 1. The van der Waals surface area contributed by atoms with E-state index in [4.69, 9.17) is 0 Å². The average Bonchev–Trinajstić information content (AvgIpc) is 3.46. The molecule has 2 N–H and O–H groups in total. The highest BCUT2D eigenvalue weighted by atomic mass is 32.2. The minimum Gasteiger partial charge on any atom is -0.276 e. The first-order valence-corrected chi connectivity index (χ1v) is 13.1. The second-order valence-electron chi connectivity index (χ2n) is 8.92. The molecule has 6 nitrogen and oxygen atoms in total. The van der Waals surface area contributed by atoms with Gasteiger partial charge in [-0.25, -0.2) is 9.99 Å². The Kier molecular flexibility index (Phi) is 5.06. The molecule has 1 aromatic carbocycles. The number of aryl methyl sites for hydroxylation is 2. The van der Waals surface area contributed by atoms with E-state index in [1.54, 1.807) is 10.4 Å². The van der Waals surface area contributed by atoms with Gasteiger partial charge in [-0.1, -0.05) is 49.0 Å². The van der Waals surface area contributed by atoms with E-state index in [1.165, 1.54) is 35.4 Å². The molecule has 162 valence electrons. The van der Waals surface area contributed by atoms with Crippen molar-refractivity contribution < 1.29 is 0 Å². The first-order valence-electron chi connectivity index (χ1n) is 11.3. The quantitative estimate of drug-likeness (QED) is 0.441. The number of thioether (sulfide) groups is 1. The van der Waals surface area contributed by atoms with E-state index < -0.39 is 0 Å². The predicted molar refractivity (Wildman–Crippen MR) is 127 cm³/mol. The summed E-state index contributed by atoms with van der Waals surface area (Å²) in [5.41, 5.74) is 7.97. The Labute approximate surface area is 191 Å². The molecule has 2 aromatic heterocycles. The van der Waals surface area contributed by atoms with Crippen molar-refractivity contribution in [1.29, 1.82) is 0 Å². The third-order valence-corrected chi connectivity index (χ3v) is 8.83. The fourth-order valence-electron chi connectivity index (χ4n) is 5.01. The van der Waals surface area contributed by atoms with Crippen molar-refractivity contribution in [3.63, 3.8) is 0 Å². The highest BCUT2D eigenvalue weighted by molar-refractivity contribution is 7.99. The Morgan fingerprint density at radius 2 is 2.06 bits per heavy atom. The lowest BCUT2D eigenvalue weighted by Crippen LogP contribution is -2.40. The summed E-state index contributed by atoms with van der Waals surface area (Å²) in [4.78, 5) is 1.56. The molecule has 1 aliphatic carbocycles. The number of thiophene rings is 1. The lowest BCUT2D eigenvalue weighted by Gasteiger charge is -2.31. The molecule has 0 amide bonds. The third-order valence-electron chi connectivity index (χ3n) is 6.52. The van der Waals surface area contributed by atoms with Gasteiger partial charge in [0, 0.05) is 16.2 Å². The molecule has 2 unspecified atom stereocenters. The van der Waals surface area contributed by atoms with Crippen molar-refractivity contribution >= 4 is 29.0 Å². The van der Waals surface area contributed by atoms with Crippen LogP contribution in [-0.4, -0.2) is 26.7 Å². The van der Waals surface area contributed by atoms with Gasteiger partial charge >= 0.3 is 0 Å². The van der Waals surface area contributed by atoms with Crippen LogP contribution in [0.5, 0.6) is 0 Å². The molecule has 8 heteroatoms. The largest absolute Gasteiger partial charge is 0.276 e. The Morgan fingerprint density at radius 3 is 2.94 bits per heavy atom. The van der Waals surface area contributed by atoms with Gasteiger partial charge in [-0.2, -0.15) is 0 Å². The van der Waals surface area contributed by atoms with Gasteiger partial charge in [0.15, 0.2) is 5.16 Å². The van der Waals surface area contributed by atoms with Gasteiger partial charge in [0.25, 0.3) is 0 Å². The van der Waals surface area contributed by atoms with Crippen molar-refractivity contribution in [2.45, 2.75) is 63.4 Å². The first kappa shape index (κ1) is 19.8. The van der Waals surface area contributed by atoms with Crippen molar-refractivity contribution in [1.82, 2.24) is 25.5 Å². The fourth-order valence-corrected chi connectivity index (χ4v) is 7.31. The number of hydrogen-bond acceptors (Lipinski definition) is 7. The number of rotatable bonds is 5. The molecule has 3 aromatic rings. The molecular weight excluding hydrogens is 424 g/mol. The molecule has 1 saturated heterocycles. The van der Waals surface area contributed by atoms with E-state index in [-0.39, 0.29) is 12.3 Å². The van der Waals surface area contributed by atoms with E-state index in [2.05, 4.69) is 74.7 Å². The van der Waals surface area contributed by atoms with E-state index in [0.717, 1.165) is 35.6 Å². The van der Waals surface area contributed by atoms with E-state index in [1.807, 2.05) is 23.1 Å². The zero-order chi connectivity index (χ0) is 20.9. The van der Waals surface area contributed by atoms with Gasteiger partial charge in [-0.05, 0) is 56.1 Å². The SMILES string of the molecule is CC1NC2c3c(sc4c3C[C@H](C)CC4)-n3c(SCCCc4ccccc4)nnc3N2N1. The van der Waals surface area contributed by atoms with Crippen molar-refractivity contribution in [3.05, 3.63) is 51.9 Å². The van der Waals surface area contributed by atoms with Gasteiger partial charge in [-0.15, -0.1) is 21.5 Å². The van der Waals surface area contributed by atoms with Crippen LogP contribution in [0.3, 0.4) is 0 Å². The van der Waals surface area contributed by atoms with Gasteiger partial charge in [0.1, 0.15) is 11.2 Å². The maximum Gasteiger partial charge on any atom is 0.249 e. The molecule has 31 heavy (non-hydrogen) atoms. The number of fused-ring (bicyclic) bond motifs is 8. The molecule has 0 bridgehead atoms. The molecule has 0 saturated carbocycles. The Morgan fingerprint density at radius 1 is 1.19 bits per heavy atom. The molecule has 4 heterocycles. The number of nitrogens with zero attached hydrogens (tertiary/aromatic N) is 4. The number of hydrogen-bond donors (Lipinski definition) is 2. The lowest BCUT2D eigenvalue weighted by atomic mass is 9.87. The third kappa shape index (κ3) is 3.40.